The van der Waals surface area contributed by atoms with Gasteiger partial charge in [0.1, 0.15) is 0 Å². The molecule has 1 heterocycles. The first-order chi connectivity index (χ1) is 4.38. The molecule has 1 N–H and O–H groups in total. The summed E-state index contributed by atoms with van der Waals surface area (Å²) in [5.74, 6) is 1.23. The number of H-pyrrole nitrogens is 1. The Kier molecular flexibility index (Phi) is 2.41. The molecule has 0 aliphatic carbocycles. The van der Waals surface area contributed by atoms with Gasteiger partial charge in [-0.15, -0.1) is 0 Å². The van der Waals surface area contributed by atoms with Crippen LogP contribution < -0.4 is 0 Å². The van der Waals surface area contributed by atoms with Crippen LogP contribution in [0.1, 0.15) is 11.4 Å². The van der Waals surface area contributed by atoms with E-state index in [1.807, 2.05) is 0 Å². The van der Waals surface area contributed by atoms with Crippen molar-refractivity contribution >= 4 is 25.3 Å². The summed E-state index contributed by atoms with van der Waals surface area (Å²) in [7, 11) is 0. The van der Waals surface area contributed by atoms with Crippen molar-refractivity contribution < 1.29 is 0 Å². The summed E-state index contributed by atoms with van der Waals surface area (Å²) >= 11 is 8.09. The van der Waals surface area contributed by atoms with E-state index in [0.29, 0.717) is 11.5 Å². The summed E-state index contributed by atoms with van der Waals surface area (Å²) in [6.07, 6.45) is 0. The Morgan fingerprint density at radius 1 is 1.11 bits per heavy atom. The molecule has 0 saturated heterocycles. The average molecular weight is 161 g/mol. The molecular weight excluding hydrogens is 154 g/mol. The summed E-state index contributed by atoms with van der Waals surface area (Å²) in [4.78, 5) is 0. The lowest BCUT2D eigenvalue weighted by atomic mass is 10.4. The van der Waals surface area contributed by atoms with Crippen LogP contribution in [0.15, 0.2) is 0 Å². The van der Waals surface area contributed by atoms with Crippen LogP contribution in [0.5, 0.6) is 0 Å². The van der Waals surface area contributed by atoms with Gasteiger partial charge in [0.05, 0.1) is 11.4 Å². The highest BCUT2D eigenvalue weighted by molar-refractivity contribution is 7.79. The third kappa shape index (κ3) is 1.40. The fourth-order valence-electron chi connectivity index (χ4n) is 0.528. The summed E-state index contributed by atoms with van der Waals surface area (Å²) in [6, 6.07) is 0. The van der Waals surface area contributed by atoms with E-state index < -0.39 is 0 Å². The van der Waals surface area contributed by atoms with Gasteiger partial charge in [0.2, 0.25) is 0 Å². The molecule has 0 spiro atoms. The molecule has 0 saturated carbocycles. The highest BCUT2D eigenvalue weighted by Crippen LogP contribution is 2.05. The molecule has 0 radical (unpaired) electrons. The lowest BCUT2D eigenvalue weighted by Gasteiger charge is -1.87. The van der Waals surface area contributed by atoms with Crippen molar-refractivity contribution in [1.82, 2.24) is 15.4 Å². The van der Waals surface area contributed by atoms with E-state index in [2.05, 4.69) is 40.7 Å². The molecule has 0 bridgehead atoms. The van der Waals surface area contributed by atoms with Crippen LogP contribution in [-0.2, 0) is 11.5 Å². The van der Waals surface area contributed by atoms with Gasteiger partial charge in [-0.2, -0.15) is 40.7 Å². The Morgan fingerprint density at radius 2 is 1.56 bits per heavy atom. The number of nitrogens with zero attached hydrogens (tertiary/aromatic N) is 2. The first kappa shape index (κ1) is 6.95. The van der Waals surface area contributed by atoms with Crippen LogP contribution in [0.3, 0.4) is 0 Å². The number of hydrogen-bond donors (Lipinski definition) is 3. The second-order valence-electron chi connectivity index (χ2n) is 1.53. The van der Waals surface area contributed by atoms with Crippen LogP contribution in [0, 0.1) is 0 Å². The highest BCUT2D eigenvalue weighted by Gasteiger charge is 2.01. The first-order valence-electron chi connectivity index (χ1n) is 2.48. The topological polar surface area (TPSA) is 41.6 Å². The maximum absolute atomic E-state index is 4.04. The third-order valence-corrected chi connectivity index (χ3v) is 1.60. The van der Waals surface area contributed by atoms with Crippen molar-refractivity contribution in [3.05, 3.63) is 11.4 Å². The molecular formula is C4H7N3S2. The fourth-order valence-corrected chi connectivity index (χ4v) is 1.03. The van der Waals surface area contributed by atoms with Gasteiger partial charge in [0.25, 0.3) is 0 Å². The molecule has 9 heavy (non-hydrogen) atoms. The first-order valence-corrected chi connectivity index (χ1v) is 3.75. The van der Waals surface area contributed by atoms with Crippen molar-refractivity contribution in [3.63, 3.8) is 0 Å². The predicted molar refractivity (Wildman–Crippen MR) is 41.8 cm³/mol. The predicted octanol–water partition coefficient (Wildman–Crippen LogP) is 0.664. The van der Waals surface area contributed by atoms with E-state index in [1.54, 1.807) is 0 Å². The zero-order chi connectivity index (χ0) is 6.69. The van der Waals surface area contributed by atoms with E-state index in [0.717, 1.165) is 11.4 Å². The lowest BCUT2D eigenvalue weighted by Crippen LogP contribution is -1.84. The van der Waals surface area contributed by atoms with Crippen molar-refractivity contribution in [2.24, 2.45) is 0 Å². The number of aromatic nitrogens is 3. The maximum atomic E-state index is 4.04. The highest BCUT2D eigenvalue weighted by atomic mass is 32.1. The van der Waals surface area contributed by atoms with Gasteiger partial charge in [-0.1, -0.05) is 0 Å². The Balaban J connectivity index is 2.85. The molecule has 0 aromatic carbocycles. The Bertz CT molecular complexity index is 167. The monoisotopic (exact) mass is 161 g/mol. The van der Waals surface area contributed by atoms with Gasteiger partial charge >= 0.3 is 0 Å². The molecule has 50 valence electrons. The third-order valence-electron chi connectivity index (χ3n) is 1.00. The number of thiol groups is 2. The summed E-state index contributed by atoms with van der Waals surface area (Å²) < 4.78 is 0. The van der Waals surface area contributed by atoms with E-state index in [9.17, 15) is 0 Å². The number of rotatable bonds is 2. The van der Waals surface area contributed by atoms with Crippen LogP contribution in [0.4, 0.5) is 0 Å². The van der Waals surface area contributed by atoms with Crippen molar-refractivity contribution in [2.75, 3.05) is 0 Å². The Morgan fingerprint density at radius 3 is 1.89 bits per heavy atom. The molecule has 0 unspecified atom stereocenters. The van der Waals surface area contributed by atoms with Crippen molar-refractivity contribution in [1.29, 1.82) is 0 Å². The van der Waals surface area contributed by atoms with Crippen molar-refractivity contribution in [3.8, 4) is 0 Å². The Labute approximate surface area is 64.1 Å². The zero-order valence-electron chi connectivity index (χ0n) is 4.70. The molecule has 3 nitrogen and oxygen atoms in total. The minimum absolute atomic E-state index is 0.617. The van der Waals surface area contributed by atoms with Crippen molar-refractivity contribution in [2.45, 2.75) is 11.5 Å². The van der Waals surface area contributed by atoms with Gasteiger partial charge in [-0.25, -0.2) is 0 Å². The van der Waals surface area contributed by atoms with Crippen LogP contribution in [-0.4, -0.2) is 15.4 Å². The molecule has 0 aliphatic heterocycles. The molecule has 1 aromatic rings. The second-order valence-corrected chi connectivity index (χ2v) is 2.17. The summed E-state index contributed by atoms with van der Waals surface area (Å²) in [5, 5.41) is 10.2. The van der Waals surface area contributed by atoms with Gasteiger partial charge < -0.3 is 0 Å². The van der Waals surface area contributed by atoms with Gasteiger partial charge in [-0.3, -0.25) is 0 Å². The molecule has 1 rings (SSSR count). The zero-order valence-corrected chi connectivity index (χ0v) is 6.49. The quantitative estimate of drug-likeness (QED) is 0.558. The molecule has 5 heteroatoms. The fraction of sp³-hybridized carbons (Fsp3) is 0.500. The number of hydrogen-bond acceptors (Lipinski definition) is 4. The standard InChI is InChI=1S/C4H7N3S2/c8-1-3-4(2-9)6-7-5-3/h8-9H,1-2H2,(H,5,6,7). The van der Waals surface area contributed by atoms with Gasteiger partial charge in [-0.05, 0) is 0 Å². The maximum Gasteiger partial charge on any atom is 0.0961 e. The lowest BCUT2D eigenvalue weighted by molar-refractivity contribution is 0.918. The largest absolute Gasteiger partial charge is 0.197 e. The average Bonchev–Trinajstić information content (AvgIpc) is 2.33. The van der Waals surface area contributed by atoms with Crippen LogP contribution in [0.25, 0.3) is 0 Å². The van der Waals surface area contributed by atoms with Gasteiger partial charge in [0, 0.05) is 11.5 Å². The molecule has 0 atom stereocenters. The smallest absolute Gasteiger partial charge is 0.0961 e. The van der Waals surface area contributed by atoms with E-state index in [-0.39, 0.29) is 0 Å². The van der Waals surface area contributed by atoms with Crippen LogP contribution in [0.2, 0.25) is 0 Å². The number of aromatic amines is 1. The van der Waals surface area contributed by atoms with E-state index in [4.69, 9.17) is 0 Å². The molecule has 1 aromatic heterocycles. The Hall–Kier alpha value is -0.160. The number of nitrogens with one attached hydrogen (secondary N) is 1. The van der Waals surface area contributed by atoms with E-state index in [1.165, 1.54) is 0 Å². The summed E-state index contributed by atoms with van der Waals surface area (Å²) in [6.45, 7) is 0. The molecule has 0 aliphatic rings. The normalized spacial score (nSPS) is 10.0. The van der Waals surface area contributed by atoms with Gasteiger partial charge in [0.15, 0.2) is 0 Å². The summed E-state index contributed by atoms with van der Waals surface area (Å²) in [5.41, 5.74) is 1.77. The molecule has 0 fully saturated rings. The second kappa shape index (κ2) is 3.12. The SMILES string of the molecule is SCc1n[nH]nc1CS. The van der Waals surface area contributed by atoms with E-state index >= 15 is 0 Å². The molecule has 0 amide bonds. The minimum Gasteiger partial charge on any atom is -0.197 e. The van der Waals surface area contributed by atoms with Crippen LogP contribution >= 0.6 is 25.3 Å². The minimum atomic E-state index is 0.617.